The number of rotatable bonds is 7. The van der Waals surface area contributed by atoms with Crippen molar-refractivity contribution in [2.24, 2.45) is 0 Å². The van der Waals surface area contributed by atoms with Crippen LogP contribution in [0.4, 0.5) is 5.82 Å². The normalized spacial score (nSPS) is 11.6. The average Bonchev–Trinajstić information content (AvgIpc) is 3.44. The van der Waals surface area contributed by atoms with E-state index < -0.39 is 0 Å². The topological polar surface area (TPSA) is 98.9 Å². The fourth-order valence-electron chi connectivity index (χ4n) is 4.49. The van der Waals surface area contributed by atoms with Gasteiger partial charge in [0.2, 0.25) is 0 Å². The van der Waals surface area contributed by atoms with Gasteiger partial charge in [0.15, 0.2) is 5.82 Å². The second-order valence-electron chi connectivity index (χ2n) is 9.22. The second kappa shape index (κ2) is 9.72. The summed E-state index contributed by atoms with van der Waals surface area (Å²) < 4.78 is 7.38. The van der Waals surface area contributed by atoms with Crippen molar-refractivity contribution in [3.8, 4) is 22.5 Å². The summed E-state index contributed by atoms with van der Waals surface area (Å²) in [6.45, 7) is 5.52. The van der Waals surface area contributed by atoms with E-state index in [1.54, 1.807) is 6.20 Å². The number of nitrogens with two attached hydrogens (primary N) is 1. The SMILES string of the molecule is Cc1noc(C)c1-c1ccc2nc(-c3cnn(CCN(C)C)c3)nc(N)c2c1Cc1cccc(Cl)c1. The van der Waals surface area contributed by atoms with Gasteiger partial charge in [0.25, 0.3) is 0 Å². The summed E-state index contributed by atoms with van der Waals surface area (Å²) in [5.74, 6) is 1.72. The molecule has 3 aromatic heterocycles. The molecule has 0 saturated carbocycles. The number of hydrogen-bond acceptors (Lipinski definition) is 7. The number of anilines is 1. The van der Waals surface area contributed by atoms with E-state index in [1.807, 2.05) is 63.1 Å². The maximum absolute atomic E-state index is 6.63. The maximum Gasteiger partial charge on any atom is 0.165 e. The summed E-state index contributed by atoms with van der Waals surface area (Å²) in [5.41, 5.74) is 13.1. The number of likely N-dealkylation sites (N-methyl/N-ethyl adjacent to an activating group) is 1. The first-order valence-electron chi connectivity index (χ1n) is 11.7. The summed E-state index contributed by atoms with van der Waals surface area (Å²) in [6.07, 6.45) is 4.34. The zero-order valence-electron chi connectivity index (χ0n) is 20.8. The highest BCUT2D eigenvalue weighted by Crippen LogP contribution is 2.37. The lowest BCUT2D eigenvalue weighted by atomic mass is 9.91. The van der Waals surface area contributed by atoms with Crippen molar-refractivity contribution < 1.29 is 4.52 Å². The first-order chi connectivity index (χ1) is 17.3. The number of aryl methyl sites for hydroxylation is 2. The van der Waals surface area contributed by atoms with Crippen LogP contribution in [0.2, 0.25) is 5.02 Å². The van der Waals surface area contributed by atoms with Crippen molar-refractivity contribution >= 4 is 28.3 Å². The monoisotopic (exact) mass is 501 g/mol. The van der Waals surface area contributed by atoms with Crippen LogP contribution in [0.15, 0.2) is 53.3 Å². The summed E-state index contributed by atoms with van der Waals surface area (Å²) in [5, 5.41) is 10.1. The van der Waals surface area contributed by atoms with Crippen LogP contribution in [0.1, 0.15) is 22.6 Å². The molecule has 3 heterocycles. The minimum Gasteiger partial charge on any atom is -0.383 e. The minimum absolute atomic E-state index is 0.418. The van der Waals surface area contributed by atoms with Gasteiger partial charge in [-0.3, -0.25) is 4.68 Å². The Kier molecular flexibility index (Phi) is 6.47. The van der Waals surface area contributed by atoms with Gasteiger partial charge in [0, 0.05) is 28.7 Å². The van der Waals surface area contributed by atoms with Gasteiger partial charge in [-0.15, -0.1) is 0 Å². The fourth-order valence-corrected chi connectivity index (χ4v) is 4.71. The van der Waals surface area contributed by atoms with Gasteiger partial charge in [-0.05, 0) is 69.3 Å². The summed E-state index contributed by atoms with van der Waals surface area (Å²) >= 11 is 6.30. The third kappa shape index (κ3) is 4.69. The first kappa shape index (κ1) is 24.0. The van der Waals surface area contributed by atoms with Crippen LogP contribution < -0.4 is 5.73 Å². The first-order valence-corrected chi connectivity index (χ1v) is 12.1. The Hall–Kier alpha value is -3.75. The highest BCUT2D eigenvalue weighted by molar-refractivity contribution is 6.30. The van der Waals surface area contributed by atoms with E-state index in [-0.39, 0.29) is 0 Å². The molecule has 0 aliphatic carbocycles. The molecule has 2 N–H and O–H groups in total. The molecule has 2 aromatic carbocycles. The van der Waals surface area contributed by atoms with Gasteiger partial charge in [-0.1, -0.05) is 35.0 Å². The average molecular weight is 502 g/mol. The van der Waals surface area contributed by atoms with Gasteiger partial charge >= 0.3 is 0 Å². The molecule has 0 aliphatic heterocycles. The van der Waals surface area contributed by atoms with Gasteiger partial charge < -0.3 is 15.2 Å². The number of aromatic nitrogens is 5. The molecular formula is C27H28ClN7O. The summed E-state index contributed by atoms with van der Waals surface area (Å²) in [7, 11) is 4.07. The number of nitrogens with zero attached hydrogens (tertiary/aromatic N) is 6. The zero-order valence-corrected chi connectivity index (χ0v) is 21.5. The number of halogens is 1. The second-order valence-corrected chi connectivity index (χ2v) is 9.66. The van der Waals surface area contributed by atoms with E-state index in [2.05, 4.69) is 27.3 Å². The van der Waals surface area contributed by atoms with Crippen LogP contribution >= 0.6 is 11.6 Å². The number of fused-ring (bicyclic) bond motifs is 1. The van der Waals surface area contributed by atoms with E-state index in [0.29, 0.717) is 23.1 Å². The molecule has 0 radical (unpaired) electrons. The van der Waals surface area contributed by atoms with Crippen LogP contribution in [0.3, 0.4) is 0 Å². The lowest BCUT2D eigenvalue weighted by Gasteiger charge is -2.15. The quantitative estimate of drug-likeness (QED) is 0.329. The molecular weight excluding hydrogens is 474 g/mol. The van der Waals surface area contributed by atoms with Crippen molar-refractivity contribution in [1.29, 1.82) is 0 Å². The molecule has 0 amide bonds. The number of benzene rings is 2. The predicted molar refractivity (Wildman–Crippen MR) is 143 cm³/mol. The number of hydrogen-bond donors (Lipinski definition) is 1. The van der Waals surface area contributed by atoms with Crippen LogP contribution in [0.25, 0.3) is 33.4 Å². The molecule has 9 heteroatoms. The van der Waals surface area contributed by atoms with Crippen molar-refractivity contribution in [1.82, 2.24) is 29.8 Å². The predicted octanol–water partition coefficient (Wildman–Crippen LogP) is 5.15. The highest BCUT2D eigenvalue weighted by Gasteiger charge is 2.21. The summed E-state index contributed by atoms with van der Waals surface area (Å²) in [4.78, 5) is 11.7. The Morgan fingerprint density at radius 2 is 1.94 bits per heavy atom. The van der Waals surface area contributed by atoms with Crippen LogP contribution in [-0.4, -0.2) is 50.4 Å². The molecule has 0 atom stereocenters. The molecule has 36 heavy (non-hydrogen) atoms. The van der Waals surface area contributed by atoms with E-state index in [9.17, 15) is 0 Å². The number of nitrogen functional groups attached to an aromatic ring is 1. The Morgan fingerprint density at radius 1 is 1.11 bits per heavy atom. The molecule has 5 rings (SSSR count). The Balaban J connectivity index is 1.65. The Bertz CT molecular complexity index is 1530. The summed E-state index contributed by atoms with van der Waals surface area (Å²) in [6, 6.07) is 11.9. The van der Waals surface area contributed by atoms with Gasteiger partial charge in [0.05, 0.1) is 29.5 Å². The van der Waals surface area contributed by atoms with E-state index in [0.717, 1.165) is 63.3 Å². The third-order valence-corrected chi connectivity index (χ3v) is 6.48. The van der Waals surface area contributed by atoms with Crippen molar-refractivity contribution in [2.75, 3.05) is 26.4 Å². The van der Waals surface area contributed by atoms with Crippen LogP contribution in [0, 0.1) is 13.8 Å². The molecule has 0 unspecified atom stereocenters. The zero-order chi connectivity index (χ0) is 25.4. The van der Waals surface area contributed by atoms with E-state index >= 15 is 0 Å². The Labute approximate surface area is 214 Å². The lowest BCUT2D eigenvalue weighted by molar-refractivity contribution is 0.373. The van der Waals surface area contributed by atoms with Crippen LogP contribution in [-0.2, 0) is 13.0 Å². The molecule has 5 aromatic rings. The molecule has 0 saturated heterocycles. The largest absolute Gasteiger partial charge is 0.383 e. The van der Waals surface area contributed by atoms with Gasteiger partial charge in [0.1, 0.15) is 11.6 Å². The standard InChI is InChI=1S/C27H28ClN7O/c1-16-24(17(2)36-33-16)21-8-9-23-25(22(21)13-18-6-5-7-20(28)12-18)26(29)32-27(31-23)19-14-30-35(15-19)11-10-34(3)4/h5-9,12,14-15H,10-11,13H2,1-4H3,(H2,29,31,32). The van der Waals surface area contributed by atoms with E-state index in [1.165, 1.54) is 0 Å². The molecule has 0 aliphatic rings. The van der Waals surface area contributed by atoms with Crippen molar-refractivity contribution in [3.63, 3.8) is 0 Å². The highest BCUT2D eigenvalue weighted by atomic mass is 35.5. The van der Waals surface area contributed by atoms with Crippen LogP contribution in [0.5, 0.6) is 0 Å². The minimum atomic E-state index is 0.418. The molecule has 0 fully saturated rings. The van der Waals surface area contributed by atoms with Crippen molar-refractivity contribution in [3.05, 3.63) is 76.4 Å². The molecule has 184 valence electrons. The van der Waals surface area contributed by atoms with E-state index in [4.69, 9.17) is 31.8 Å². The molecule has 0 bridgehead atoms. The third-order valence-electron chi connectivity index (χ3n) is 6.24. The van der Waals surface area contributed by atoms with Crippen molar-refractivity contribution in [2.45, 2.75) is 26.8 Å². The maximum atomic E-state index is 6.63. The Morgan fingerprint density at radius 3 is 2.67 bits per heavy atom. The van der Waals surface area contributed by atoms with Gasteiger partial charge in [-0.25, -0.2) is 9.97 Å². The van der Waals surface area contributed by atoms with Gasteiger partial charge in [-0.2, -0.15) is 5.10 Å². The molecule has 8 nitrogen and oxygen atoms in total. The lowest BCUT2D eigenvalue weighted by Crippen LogP contribution is -2.18. The molecule has 0 spiro atoms. The smallest absolute Gasteiger partial charge is 0.165 e. The fraction of sp³-hybridized carbons (Fsp3) is 0.259.